The summed E-state index contributed by atoms with van der Waals surface area (Å²) in [6, 6.07) is 7.80. The summed E-state index contributed by atoms with van der Waals surface area (Å²) in [5, 5.41) is 0. The number of carbonyl (C=O) groups excluding carboxylic acids is 2. The third-order valence-electron chi connectivity index (χ3n) is 3.90. The smallest absolute Gasteiger partial charge is 0.341 e. The molecular weight excluding hydrogens is 380 g/mol. The van der Waals surface area contributed by atoms with E-state index in [9.17, 15) is 9.59 Å². The van der Waals surface area contributed by atoms with Gasteiger partial charge in [0.15, 0.2) is 11.5 Å². The SMILES string of the molecule is COC(=O)c1ccc(OC)cc1OC(=O)/C=C/c1cc(OC)c(OC)c(OC)c1. The van der Waals surface area contributed by atoms with Crippen molar-refractivity contribution in [2.45, 2.75) is 0 Å². The van der Waals surface area contributed by atoms with Crippen LogP contribution in [-0.4, -0.2) is 47.5 Å². The molecule has 0 bridgehead atoms. The molecule has 0 saturated heterocycles. The van der Waals surface area contributed by atoms with E-state index >= 15 is 0 Å². The first-order valence-corrected chi connectivity index (χ1v) is 8.43. The highest BCUT2D eigenvalue weighted by Gasteiger charge is 2.17. The maximum atomic E-state index is 12.3. The lowest BCUT2D eigenvalue weighted by atomic mass is 10.1. The quantitative estimate of drug-likeness (QED) is 0.378. The zero-order valence-corrected chi connectivity index (χ0v) is 16.8. The van der Waals surface area contributed by atoms with Crippen LogP contribution in [0.3, 0.4) is 0 Å². The van der Waals surface area contributed by atoms with Crippen molar-refractivity contribution in [1.29, 1.82) is 0 Å². The predicted molar refractivity (Wildman–Crippen MR) is 105 cm³/mol. The second-order valence-corrected chi connectivity index (χ2v) is 5.57. The Labute approximate surface area is 168 Å². The monoisotopic (exact) mass is 402 g/mol. The number of rotatable bonds is 8. The Bertz CT molecular complexity index is 892. The van der Waals surface area contributed by atoms with Gasteiger partial charge in [-0.2, -0.15) is 0 Å². The van der Waals surface area contributed by atoms with Crippen LogP contribution in [0.2, 0.25) is 0 Å². The normalized spacial score (nSPS) is 10.4. The molecule has 0 unspecified atom stereocenters. The number of hydrogen-bond donors (Lipinski definition) is 0. The van der Waals surface area contributed by atoms with Gasteiger partial charge in [0.05, 0.1) is 35.5 Å². The Hall–Kier alpha value is -3.68. The maximum Gasteiger partial charge on any atom is 0.341 e. The maximum absolute atomic E-state index is 12.3. The highest BCUT2D eigenvalue weighted by molar-refractivity contribution is 5.95. The van der Waals surface area contributed by atoms with Gasteiger partial charge >= 0.3 is 11.9 Å². The van der Waals surface area contributed by atoms with Crippen molar-refractivity contribution in [1.82, 2.24) is 0 Å². The van der Waals surface area contributed by atoms with Crippen LogP contribution >= 0.6 is 0 Å². The molecule has 0 saturated carbocycles. The fourth-order valence-corrected chi connectivity index (χ4v) is 2.50. The van der Waals surface area contributed by atoms with Crippen molar-refractivity contribution >= 4 is 18.0 Å². The van der Waals surface area contributed by atoms with Crippen LogP contribution in [0.15, 0.2) is 36.4 Å². The predicted octanol–water partition coefficient (Wildman–Crippen LogP) is 3.13. The molecule has 0 atom stereocenters. The van der Waals surface area contributed by atoms with Crippen molar-refractivity contribution in [3.63, 3.8) is 0 Å². The van der Waals surface area contributed by atoms with Gasteiger partial charge in [0, 0.05) is 12.1 Å². The van der Waals surface area contributed by atoms with Crippen molar-refractivity contribution in [2.75, 3.05) is 35.5 Å². The molecule has 0 fully saturated rings. The first-order valence-electron chi connectivity index (χ1n) is 8.43. The molecule has 2 rings (SSSR count). The summed E-state index contributed by atoms with van der Waals surface area (Å²) >= 11 is 0. The molecular formula is C21H22O8. The van der Waals surface area contributed by atoms with Crippen LogP contribution < -0.4 is 23.7 Å². The van der Waals surface area contributed by atoms with E-state index in [-0.39, 0.29) is 11.3 Å². The summed E-state index contributed by atoms with van der Waals surface area (Å²) in [5.74, 6) is 0.445. The van der Waals surface area contributed by atoms with Crippen molar-refractivity contribution in [2.24, 2.45) is 0 Å². The molecule has 0 aliphatic heterocycles. The van der Waals surface area contributed by atoms with E-state index in [1.54, 1.807) is 18.2 Å². The van der Waals surface area contributed by atoms with E-state index in [1.807, 2.05) is 0 Å². The fourth-order valence-electron chi connectivity index (χ4n) is 2.50. The van der Waals surface area contributed by atoms with Gasteiger partial charge in [-0.1, -0.05) is 0 Å². The molecule has 0 heterocycles. The van der Waals surface area contributed by atoms with Gasteiger partial charge < -0.3 is 28.4 Å². The lowest BCUT2D eigenvalue weighted by Crippen LogP contribution is -2.10. The number of carbonyl (C=O) groups is 2. The molecule has 0 N–H and O–H groups in total. The topological polar surface area (TPSA) is 89.5 Å². The molecule has 0 radical (unpaired) electrons. The second-order valence-electron chi connectivity index (χ2n) is 5.57. The Morgan fingerprint density at radius 1 is 0.793 bits per heavy atom. The first-order chi connectivity index (χ1) is 14.0. The van der Waals surface area contributed by atoms with Crippen molar-refractivity contribution < 1.29 is 38.0 Å². The summed E-state index contributed by atoms with van der Waals surface area (Å²) in [7, 11) is 7.19. The fraction of sp³-hybridized carbons (Fsp3) is 0.238. The van der Waals surface area contributed by atoms with Crippen molar-refractivity contribution in [3.8, 4) is 28.7 Å². The number of ether oxygens (including phenoxy) is 6. The van der Waals surface area contributed by atoms with E-state index in [4.69, 9.17) is 28.4 Å². The van der Waals surface area contributed by atoms with Gasteiger partial charge in [0.1, 0.15) is 17.1 Å². The van der Waals surface area contributed by atoms with Gasteiger partial charge in [-0.25, -0.2) is 9.59 Å². The minimum Gasteiger partial charge on any atom is -0.497 e. The van der Waals surface area contributed by atoms with Gasteiger partial charge in [-0.15, -0.1) is 0 Å². The molecule has 154 valence electrons. The first kappa shape index (κ1) is 21.6. The third-order valence-corrected chi connectivity index (χ3v) is 3.90. The molecule has 0 spiro atoms. The van der Waals surface area contributed by atoms with Crippen LogP contribution in [0.4, 0.5) is 0 Å². The zero-order valence-electron chi connectivity index (χ0n) is 16.8. The molecule has 8 heteroatoms. The summed E-state index contributed by atoms with van der Waals surface area (Å²) < 4.78 is 30.9. The van der Waals surface area contributed by atoms with E-state index in [1.165, 1.54) is 59.8 Å². The summed E-state index contributed by atoms with van der Waals surface area (Å²) in [6.45, 7) is 0. The lowest BCUT2D eigenvalue weighted by Gasteiger charge is -2.12. The van der Waals surface area contributed by atoms with Crippen molar-refractivity contribution in [3.05, 3.63) is 47.5 Å². The highest BCUT2D eigenvalue weighted by Crippen LogP contribution is 2.38. The second kappa shape index (κ2) is 10.0. The standard InChI is InChI=1S/C21H22O8/c1-24-14-7-8-15(21(23)28-5)16(12-14)29-19(22)9-6-13-10-17(25-2)20(27-4)18(11-13)26-3/h6-12H,1-5H3/b9-6+. The summed E-state index contributed by atoms with van der Waals surface area (Å²) in [4.78, 5) is 24.2. The van der Waals surface area contributed by atoms with Crippen LogP contribution in [0.1, 0.15) is 15.9 Å². The molecule has 2 aromatic carbocycles. The Morgan fingerprint density at radius 2 is 1.45 bits per heavy atom. The molecule has 29 heavy (non-hydrogen) atoms. The van der Waals surface area contributed by atoms with Gasteiger partial charge in [-0.3, -0.25) is 0 Å². The molecule has 0 aromatic heterocycles. The van der Waals surface area contributed by atoms with E-state index < -0.39 is 11.9 Å². The third kappa shape index (κ3) is 5.19. The molecule has 2 aromatic rings. The average molecular weight is 402 g/mol. The van der Waals surface area contributed by atoms with E-state index in [2.05, 4.69) is 0 Å². The Kier molecular flexibility index (Phi) is 7.47. The van der Waals surface area contributed by atoms with Gasteiger partial charge in [0.25, 0.3) is 0 Å². The molecule has 0 aliphatic rings. The molecule has 0 aliphatic carbocycles. The average Bonchev–Trinajstić information content (AvgIpc) is 2.76. The van der Waals surface area contributed by atoms with E-state index in [0.29, 0.717) is 28.6 Å². The largest absolute Gasteiger partial charge is 0.497 e. The molecule has 0 amide bonds. The Balaban J connectivity index is 2.27. The Morgan fingerprint density at radius 3 is 1.97 bits per heavy atom. The summed E-state index contributed by atoms with van der Waals surface area (Å²) in [5.41, 5.74) is 0.720. The number of hydrogen-bond acceptors (Lipinski definition) is 8. The van der Waals surface area contributed by atoms with E-state index in [0.717, 1.165) is 0 Å². The number of esters is 2. The zero-order chi connectivity index (χ0) is 21.4. The summed E-state index contributed by atoms with van der Waals surface area (Å²) in [6.07, 6.45) is 2.73. The van der Waals surface area contributed by atoms with Gasteiger partial charge in [0.2, 0.25) is 5.75 Å². The lowest BCUT2D eigenvalue weighted by molar-refractivity contribution is -0.128. The molecule has 8 nitrogen and oxygen atoms in total. The van der Waals surface area contributed by atoms with Crippen LogP contribution in [0.5, 0.6) is 28.7 Å². The van der Waals surface area contributed by atoms with Crippen LogP contribution in [0.25, 0.3) is 6.08 Å². The number of methoxy groups -OCH3 is 5. The highest BCUT2D eigenvalue weighted by atomic mass is 16.5. The van der Waals surface area contributed by atoms with Crippen LogP contribution in [0, 0.1) is 0 Å². The minimum absolute atomic E-state index is 0.0238. The minimum atomic E-state index is -0.697. The van der Waals surface area contributed by atoms with Crippen LogP contribution in [-0.2, 0) is 9.53 Å². The van der Waals surface area contributed by atoms with Gasteiger partial charge in [-0.05, 0) is 35.9 Å². The number of benzene rings is 2.